The Hall–Kier alpha value is -2.99. The van der Waals surface area contributed by atoms with Gasteiger partial charge in [-0.2, -0.15) is 4.98 Å². The maximum Gasteiger partial charge on any atom is 0.306 e. The van der Waals surface area contributed by atoms with Crippen LogP contribution in [0.1, 0.15) is 34.7 Å². The first-order valence-electron chi connectivity index (χ1n) is 8.35. The van der Waals surface area contributed by atoms with E-state index in [-0.39, 0.29) is 31.1 Å². The van der Waals surface area contributed by atoms with E-state index in [2.05, 4.69) is 10.1 Å². The van der Waals surface area contributed by atoms with Gasteiger partial charge in [0.05, 0.1) is 6.42 Å². The Morgan fingerprint density at radius 3 is 2.44 bits per heavy atom. The molecule has 0 radical (unpaired) electrons. The van der Waals surface area contributed by atoms with Gasteiger partial charge in [0.1, 0.15) is 0 Å². The minimum Gasteiger partial charge on any atom is -0.456 e. The molecule has 0 fully saturated rings. The van der Waals surface area contributed by atoms with Gasteiger partial charge in [-0.3, -0.25) is 9.59 Å². The number of esters is 1. The maximum absolute atomic E-state index is 12.0. The summed E-state index contributed by atoms with van der Waals surface area (Å²) < 4.78 is 10.2. The van der Waals surface area contributed by atoms with Crippen molar-refractivity contribution >= 4 is 23.4 Å². The van der Waals surface area contributed by atoms with Crippen LogP contribution in [0.5, 0.6) is 0 Å². The number of benzene rings is 2. The fourth-order valence-electron chi connectivity index (χ4n) is 2.34. The SMILES string of the molecule is Cc1ccc(-c2noc(COC(=O)CCC(=O)c3ccc(Cl)cc3)n2)cc1. The highest BCUT2D eigenvalue weighted by Gasteiger charge is 2.13. The number of hydrogen-bond donors (Lipinski definition) is 0. The molecule has 0 saturated heterocycles. The van der Waals surface area contributed by atoms with E-state index in [0.717, 1.165) is 11.1 Å². The molecular weight excluding hydrogens is 368 g/mol. The van der Waals surface area contributed by atoms with Crippen molar-refractivity contribution in [1.82, 2.24) is 10.1 Å². The van der Waals surface area contributed by atoms with Gasteiger partial charge in [0.15, 0.2) is 12.4 Å². The van der Waals surface area contributed by atoms with E-state index in [1.165, 1.54) is 0 Å². The molecule has 1 heterocycles. The number of carbonyl (C=O) groups is 2. The highest BCUT2D eigenvalue weighted by molar-refractivity contribution is 6.30. The Kier molecular flexibility index (Phi) is 5.98. The molecule has 0 amide bonds. The Bertz CT molecular complexity index is 933. The van der Waals surface area contributed by atoms with E-state index in [1.54, 1.807) is 24.3 Å². The van der Waals surface area contributed by atoms with Gasteiger partial charge in [-0.15, -0.1) is 0 Å². The van der Waals surface area contributed by atoms with Crippen LogP contribution >= 0.6 is 11.6 Å². The second-order valence-corrected chi connectivity index (χ2v) is 6.40. The number of hydrogen-bond acceptors (Lipinski definition) is 6. The number of ether oxygens (including phenoxy) is 1. The predicted molar refractivity (Wildman–Crippen MR) is 99.3 cm³/mol. The van der Waals surface area contributed by atoms with Crippen LogP contribution in [-0.4, -0.2) is 21.9 Å². The quantitative estimate of drug-likeness (QED) is 0.443. The first-order chi connectivity index (χ1) is 13.0. The molecule has 0 aliphatic heterocycles. The van der Waals surface area contributed by atoms with Gasteiger partial charge in [0.25, 0.3) is 5.89 Å². The molecule has 3 rings (SSSR count). The summed E-state index contributed by atoms with van der Waals surface area (Å²) in [5, 5.41) is 4.42. The van der Waals surface area contributed by atoms with Gasteiger partial charge in [-0.25, -0.2) is 0 Å². The van der Waals surface area contributed by atoms with Crippen LogP contribution in [0.3, 0.4) is 0 Å². The zero-order valence-corrected chi connectivity index (χ0v) is 15.4. The van der Waals surface area contributed by atoms with E-state index in [4.69, 9.17) is 20.9 Å². The van der Waals surface area contributed by atoms with Crippen LogP contribution < -0.4 is 0 Å². The number of aromatic nitrogens is 2. The largest absolute Gasteiger partial charge is 0.456 e. The molecule has 1 aromatic heterocycles. The highest BCUT2D eigenvalue weighted by Crippen LogP contribution is 2.17. The monoisotopic (exact) mass is 384 g/mol. The number of halogens is 1. The van der Waals surface area contributed by atoms with Crippen LogP contribution in [0.25, 0.3) is 11.4 Å². The fourth-order valence-corrected chi connectivity index (χ4v) is 2.47. The van der Waals surface area contributed by atoms with E-state index < -0.39 is 5.97 Å². The minimum absolute atomic E-state index is 0.0274. The van der Waals surface area contributed by atoms with Crippen LogP contribution in [0.4, 0.5) is 0 Å². The zero-order chi connectivity index (χ0) is 19.2. The molecule has 6 nitrogen and oxygen atoms in total. The summed E-state index contributed by atoms with van der Waals surface area (Å²) in [5.74, 6) is -0.0302. The number of aryl methyl sites for hydroxylation is 1. The lowest BCUT2D eigenvalue weighted by atomic mass is 10.1. The molecule has 0 N–H and O–H groups in total. The Morgan fingerprint density at radius 1 is 1.04 bits per heavy atom. The third-order valence-electron chi connectivity index (χ3n) is 3.86. The first kappa shape index (κ1) is 18.8. The molecule has 3 aromatic rings. The molecular formula is C20H17ClN2O4. The van der Waals surface area contributed by atoms with E-state index >= 15 is 0 Å². The summed E-state index contributed by atoms with van der Waals surface area (Å²) in [6.45, 7) is 1.86. The molecule has 0 aliphatic rings. The van der Waals surface area contributed by atoms with Gasteiger partial charge < -0.3 is 9.26 Å². The summed E-state index contributed by atoms with van der Waals surface area (Å²) in [5.41, 5.74) is 2.45. The van der Waals surface area contributed by atoms with Gasteiger partial charge in [-0.05, 0) is 31.2 Å². The molecule has 0 saturated carbocycles. The normalized spacial score (nSPS) is 10.6. The Labute approximate surface area is 161 Å². The van der Waals surface area contributed by atoms with Gasteiger partial charge in [0, 0.05) is 22.6 Å². The van der Waals surface area contributed by atoms with E-state index in [0.29, 0.717) is 16.4 Å². The zero-order valence-electron chi connectivity index (χ0n) is 14.6. The molecule has 0 spiro atoms. The average molecular weight is 385 g/mol. The summed E-state index contributed by atoms with van der Waals surface area (Å²) in [6.07, 6.45) is 0.0271. The van der Waals surface area contributed by atoms with Crippen molar-refractivity contribution < 1.29 is 18.8 Å². The second-order valence-electron chi connectivity index (χ2n) is 5.97. The fraction of sp³-hybridized carbons (Fsp3) is 0.200. The predicted octanol–water partition coefficient (Wildman–Crippen LogP) is 4.40. The molecule has 0 bridgehead atoms. The summed E-state index contributed by atoms with van der Waals surface area (Å²) in [4.78, 5) is 28.1. The lowest BCUT2D eigenvalue weighted by Gasteiger charge is -2.02. The van der Waals surface area contributed by atoms with Crippen molar-refractivity contribution in [3.63, 3.8) is 0 Å². The number of rotatable bonds is 7. The third kappa shape index (κ3) is 5.24. The topological polar surface area (TPSA) is 82.3 Å². The Balaban J connectivity index is 1.47. The minimum atomic E-state index is -0.507. The van der Waals surface area contributed by atoms with Crippen LogP contribution in [0.15, 0.2) is 53.1 Å². The van der Waals surface area contributed by atoms with Crippen LogP contribution in [0.2, 0.25) is 5.02 Å². The van der Waals surface area contributed by atoms with Gasteiger partial charge in [0.2, 0.25) is 5.82 Å². The van der Waals surface area contributed by atoms with E-state index in [1.807, 2.05) is 31.2 Å². The van der Waals surface area contributed by atoms with Crippen molar-refractivity contribution in [2.24, 2.45) is 0 Å². The van der Waals surface area contributed by atoms with Crippen LogP contribution in [0, 0.1) is 6.92 Å². The Morgan fingerprint density at radius 2 is 1.74 bits per heavy atom. The van der Waals surface area contributed by atoms with Gasteiger partial charge in [-0.1, -0.05) is 46.6 Å². The maximum atomic E-state index is 12.0. The third-order valence-corrected chi connectivity index (χ3v) is 4.11. The summed E-state index contributed by atoms with van der Waals surface area (Å²) in [6, 6.07) is 14.2. The summed E-state index contributed by atoms with van der Waals surface area (Å²) >= 11 is 5.79. The smallest absolute Gasteiger partial charge is 0.306 e. The van der Waals surface area contributed by atoms with Crippen molar-refractivity contribution in [2.45, 2.75) is 26.4 Å². The second kappa shape index (κ2) is 8.60. The highest BCUT2D eigenvalue weighted by atomic mass is 35.5. The standard InChI is InChI=1S/C20H17ClN2O4/c1-13-2-4-15(5-3-13)20-22-18(27-23-20)12-26-19(25)11-10-17(24)14-6-8-16(21)9-7-14/h2-9H,10-12H2,1H3. The lowest BCUT2D eigenvalue weighted by molar-refractivity contribution is -0.145. The molecule has 27 heavy (non-hydrogen) atoms. The van der Waals surface area contributed by atoms with E-state index in [9.17, 15) is 9.59 Å². The molecule has 2 aromatic carbocycles. The molecule has 0 atom stereocenters. The number of Topliss-reactive ketones (excluding diaryl/α,β-unsaturated/α-hetero) is 1. The molecule has 0 unspecified atom stereocenters. The average Bonchev–Trinajstić information content (AvgIpc) is 3.14. The van der Waals surface area contributed by atoms with Crippen molar-refractivity contribution in [2.75, 3.05) is 0 Å². The lowest BCUT2D eigenvalue weighted by Crippen LogP contribution is -2.08. The van der Waals surface area contributed by atoms with Crippen molar-refractivity contribution in [1.29, 1.82) is 0 Å². The number of ketones is 1. The number of nitrogens with zero attached hydrogens (tertiary/aromatic N) is 2. The van der Waals surface area contributed by atoms with Crippen LogP contribution in [-0.2, 0) is 16.1 Å². The van der Waals surface area contributed by atoms with Gasteiger partial charge >= 0.3 is 5.97 Å². The van der Waals surface area contributed by atoms with Crippen molar-refractivity contribution in [3.8, 4) is 11.4 Å². The summed E-state index contributed by atoms with van der Waals surface area (Å²) in [7, 11) is 0. The molecule has 0 aliphatic carbocycles. The van der Waals surface area contributed by atoms with Crippen molar-refractivity contribution in [3.05, 3.63) is 70.6 Å². The number of carbonyl (C=O) groups excluding carboxylic acids is 2. The first-order valence-corrected chi connectivity index (χ1v) is 8.73. The molecule has 138 valence electrons. The molecule has 7 heteroatoms.